The summed E-state index contributed by atoms with van der Waals surface area (Å²) in [5.41, 5.74) is 2.44. The van der Waals surface area contributed by atoms with Crippen molar-refractivity contribution < 1.29 is 14.2 Å². The van der Waals surface area contributed by atoms with Crippen LogP contribution in [0.25, 0.3) is 0 Å². The van der Waals surface area contributed by atoms with E-state index in [9.17, 15) is 0 Å². The number of aryl methyl sites for hydroxylation is 2. The lowest BCUT2D eigenvalue weighted by atomic mass is 10.1. The van der Waals surface area contributed by atoms with E-state index in [-0.39, 0.29) is 36.2 Å². The maximum atomic E-state index is 5.92. The fourth-order valence-corrected chi connectivity index (χ4v) is 3.67. The molecule has 0 spiro atoms. The minimum atomic E-state index is 0. The van der Waals surface area contributed by atoms with Crippen molar-refractivity contribution in [2.45, 2.75) is 38.9 Å². The molecule has 1 N–H and O–H groups in total. The Hall–Kier alpha value is -1.06. The first-order valence-corrected chi connectivity index (χ1v) is 9.55. The molecule has 0 aromatic heterocycles. The van der Waals surface area contributed by atoms with Crippen LogP contribution in [-0.4, -0.2) is 69.6 Å². The van der Waals surface area contributed by atoms with Gasteiger partial charge >= 0.3 is 0 Å². The van der Waals surface area contributed by atoms with Gasteiger partial charge in [0, 0.05) is 26.7 Å². The molecule has 152 valence electrons. The van der Waals surface area contributed by atoms with Crippen LogP contribution in [0.4, 0.5) is 0 Å². The van der Waals surface area contributed by atoms with Gasteiger partial charge in [-0.3, -0.25) is 4.99 Å². The highest BCUT2D eigenvalue weighted by Crippen LogP contribution is 2.21. The topological polar surface area (TPSA) is 55.3 Å². The maximum absolute atomic E-state index is 5.92. The van der Waals surface area contributed by atoms with Crippen LogP contribution in [0.2, 0.25) is 0 Å². The highest BCUT2D eigenvalue weighted by molar-refractivity contribution is 14.0. The Morgan fingerprint density at radius 2 is 1.93 bits per heavy atom. The summed E-state index contributed by atoms with van der Waals surface area (Å²) in [5, 5.41) is 3.40. The summed E-state index contributed by atoms with van der Waals surface area (Å²) in [6.07, 6.45) is 2.58. The predicted molar refractivity (Wildman–Crippen MR) is 118 cm³/mol. The van der Waals surface area contributed by atoms with Gasteiger partial charge in [0.05, 0.1) is 19.3 Å². The van der Waals surface area contributed by atoms with Crippen LogP contribution in [-0.2, 0) is 9.47 Å². The van der Waals surface area contributed by atoms with Crippen LogP contribution in [0.3, 0.4) is 0 Å². The van der Waals surface area contributed by atoms with Crippen molar-refractivity contribution in [1.29, 1.82) is 0 Å². The number of halogens is 1. The summed E-state index contributed by atoms with van der Waals surface area (Å²) in [7, 11) is 1.82. The number of hydrogen-bond donors (Lipinski definition) is 1. The molecule has 2 unspecified atom stereocenters. The summed E-state index contributed by atoms with van der Waals surface area (Å²) in [6.45, 7) is 8.72. The van der Waals surface area contributed by atoms with Crippen molar-refractivity contribution in [3.8, 4) is 5.75 Å². The SMILES string of the molecule is CN=C(NCCOc1cc(C)cc(C)c1)N1CCOC(C2CCCO2)C1.I. The second kappa shape index (κ2) is 11.1. The molecule has 2 aliphatic heterocycles. The normalized spacial score (nSPS) is 23.1. The molecule has 0 aliphatic carbocycles. The number of guanidine groups is 1. The Morgan fingerprint density at radius 3 is 2.59 bits per heavy atom. The molecule has 2 aliphatic rings. The van der Waals surface area contributed by atoms with Crippen LogP contribution in [0.1, 0.15) is 24.0 Å². The second-order valence-electron chi connectivity index (χ2n) is 7.05. The Kier molecular flexibility index (Phi) is 9.11. The molecular formula is C20H32IN3O3. The molecule has 0 amide bonds. The molecule has 1 aromatic rings. The van der Waals surface area contributed by atoms with E-state index in [0.717, 1.165) is 44.2 Å². The Balaban J connectivity index is 0.00000261. The summed E-state index contributed by atoms with van der Waals surface area (Å²) in [6, 6.07) is 6.28. The number of aliphatic imine (C=N–C) groups is 1. The summed E-state index contributed by atoms with van der Waals surface area (Å²) in [5.74, 6) is 1.82. The van der Waals surface area contributed by atoms with Crippen LogP contribution in [0.15, 0.2) is 23.2 Å². The third-order valence-electron chi connectivity index (χ3n) is 4.83. The molecule has 1 aromatic carbocycles. The van der Waals surface area contributed by atoms with Gasteiger partial charge in [0.15, 0.2) is 5.96 Å². The van der Waals surface area contributed by atoms with Gasteiger partial charge in [-0.15, -0.1) is 24.0 Å². The highest BCUT2D eigenvalue weighted by Gasteiger charge is 2.32. The number of rotatable bonds is 5. The molecule has 0 radical (unpaired) electrons. The molecule has 2 fully saturated rings. The lowest BCUT2D eigenvalue weighted by Gasteiger charge is -2.37. The van der Waals surface area contributed by atoms with Crippen LogP contribution in [0, 0.1) is 13.8 Å². The van der Waals surface area contributed by atoms with E-state index < -0.39 is 0 Å². The fourth-order valence-electron chi connectivity index (χ4n) is 3.67. The van der Waals surface area contributed by atoms with Crippen molar-refractivity contribution in [2.75, 3.05) is 46.5 Å². The van der Waals surface area contributed by atoms with Crippen LogP contribution < -0.4 is 10.1 Å². The van der Waals surface area contributed by atoms with Gasteiger partial charge in [-0.1, -0.05) is 6.07 Å². The smallest absolute Gasteiger partial charge is 0.193 e. The average Bonchev–Trinajstić information content (AvgIpc) is 3.16. The van der Waals surface area contributed by atoms with Gasteiger partial charge in [0.25, 0.3) is 0 Å². The summed E-state index contributed by atoms with van der Waals surface area (Å²) >= 11 is 0. The van der Waals surface area contributed by atoms with E-state index in [0.29, 0.717) is 19.8 Å². The molecule has 0 bridgehead atoms. The molecule has 6 nitrogen and oxygen atoms in total. The fraction of sp³-hybridized carbons (Fsp3) is 0.650. The van der Waals surface area contributed by atoms with Crippen molar-refractivity contribution in [3.05, 3.63) is 29.3 Å². The van der Waals surface area contributed by atoms with Crippen LogP contribution in [0.5, 0.6) is 5.75 Å². The van der Waals surface area contributed by atoms with E-state index >= 15 is 0 Å². The number of nitrogens with one attached hydrogen (secondary N) is 1. The summed E-state index contributed by atoms with van der Waals surface area (Å²) in [4.78, 5) is 6.68. The van der Waals surface area contributed by atoms with Gasteiger partial charge in [0.1, 0.15) is 18.5 Å². The predicted octanol–water partition coefficient (Wildman–Crippen LogP) is 2.76. The minimum Gasteiger partial charge on any atom is -0.492 e. The van der Waals surface area contributed by atoms with Crippen LogP contribution >= 0.6 is 24.0 Å². The molecule has 2 atom stereocenters. The molecular weight excluding hydrogens is 457 g/mol. The highest BCUT2D eigenvalue weighted by atomic mass is 127. The van der Waals surface area contributed by atoms with Crippen molar-refractivity contribution in [1.82, 2.24) is 10.2 Å². The standard InChI is InChI=1S/C20H31N3O3.HI/c1-15-11-16(2)13-17(12-15)24-9-6-22-20(21-3)23-7-10-26-19(14-23)18-5-4-8-25-18;/h11-13,18-19H,4-10,14H2,1-3H3,(H,21,22);1H. The number of ether oxygens (including phenoxy) is 3. The third kappa shape index (κ3) is 6.50. The monoisotopic (exact) mass is 489 g/mol. The molecule has 3 rings (SSSR count). The Labute approximate surface area is 179 Å². The van der Waals surface area contributed by atoms with Gasteiger partial charge in [-0.2, -0.15) is 0 Å². The number of nitrogens with zero attached hydrogens (tertiary/aromatic N) is 2. The first kappa shape index (κ1) is 22.2. The largest absolute Gasteiger partial charge is 0.492 e. The second-order valence-corrected chi connectivity index (χ2v) is 7.05. The van der Waals surface area contributed by atoms with E-state index in [2.05, 4.69) is 47.3 Å². The third-order valence-corrected chi connectivity index (χ3v) is 4.83. The van der Waals surface area contributed by atoms with E-state index in [1.165, 1.54) is 11.1 Å². The summed E-state index contributed by atoms with van der Waals surface area (Å²) < 4.78 is 17.6. The molecule has 27 heavy (non-hydrogen) atoms. The van der Waals surface area contributed by atoms with Gasteiger partial charge in [0.2, 0.25) is 0 Å². The first-order valence-electron chi connectivity index (χ1n) is 9.55. The number of morpholine rings is 1. The molecule has 2 saturated heterocycles. The zero-order valence-corrected chi connectivity index (χ0v) is 18.9. The zero-order valence-electron chi connectivity index (χ0n) is 16.6. The number of benzene rings is 1. The van der Waals surface area contributed by atoms with Gasteiger partial charge in [-0.25, -0.2) is 0 Å². The van der Waals surface area contributed by atoms with E-state index in [1.54, 1.807) is 0 Å². The van der Waals surface area contributed by atoms with E-state index in [4.69, 9.17) is 14.2 Å². The number of hydrogen-bond acceptors (Lipinski definition) is 4. The van der Waals surface area contributed by atoms with Crippen molar-refractivity contribution in [2.24, 2.45) is 4.99 Å². The zero-order chi connectivity index (χ0) is 18.4. The Bertz CT molecular complexity index is 600. The van der Waals surface area contributed by atoms with E-state index in [1.807, 2.05) is 7.05 Å². The molecule has 7 heteroatoms. The lowest BCUT2D eigenvalue weighted by Crippen LogP contribution is -2.53. The maximum Gasteiger partial charge on any atom is 0.193 e. The average molecular weight is 489 g/mol. The molecule has 0 saturated carbocycles. The van der Waals surface area contributed by atoms with Gasteiger partial charge < -0.3 is 24.4 Å². The lowest BCUT2D eigenvalue weighted by molar-refractivity contribution is -0.0817. The van der Waals surface area contributed by atoms with Crippen molar-refractivity contribution in [3.63, 3.8) is 0 Å². The van der Waals surface area contributed by atoms with Gasteiger partial charge in [-0.05, 0) is 49.9 Å². The molecule has 2 heterocycles. The quantitative estimate of drug-likeness (QED) is 0.299. The Morgan fingerprint density at radius 1 is 1.19 bits per heavy atom. The first-order chi connectivity index (χ1) is 12.7. The minimum absolute atomic E-state index is 0. The van der Waals surface area contributed by atoms with Crippen molar-refractivity contribution >= 4 is 29.9 Å².